The third kappa shape index (κ3) is 5.64. The van der Waals surface area contributed by atoms with Crippen molar-refractivity contribution in [3.63, 3.8) is 0 Å². The van der Waals surface area contributed by atoms with Crippen molar-refractivity contribution in [2.75, 3.05) is 26.2 Å². The molecular weight excluding hydrogens is 214 g/mol. The predicted molar refractivity (Wildman–Crippen MR) is 70.2 cm³/mol. The third-order valence-electron chi connectivity index (χ3n) is 3.17. The van der Waals surface area contributed by atoms with Gasteiger partial charge in [0.1, 0.15) is 6.10 Å². The van der Waals surface area contributed by atoms with Gasteiger partial charge in [0.25, 0.3) is 0 Å². The van der Waals surface area contributed by atoms with Crippen molar-refractivity contribution in [2.24, 2.45) is 5.41 Å². The molecule has 1 unspecified atom stereocenters. The van der Waals surface area contributed by atoms with Gasteiger partial charge in [0.2, 0.25) is 0 Å². The fourth-order valence-corrected chi connectivity index (χ4v) is 2.08. The Balaban J connectivity index is 2.36. The van der Waals surface area contributed by atoms with Crippen molar-refractivity contribution in [1.29, 1.82) is 0 Å². The standard InChI is InChI=1S/C14H27NO2/c1-5-8-15-9-10-17-13(11-15)12(16)6-7-14(2,3)4/h13H,5-11H2,1-4H3. The molecule has 0 amide bonds. The molecule has 0 bridgehead atoms. The van der Waals surface area contributed by atoms with Gasteiger partial charge >= 0.3 is 0 Å². The van der Waals surface area contributed by atoms with E-state index < -0.39 is 0 Å². The molecule has 0 saturated carbocycles. The lowest BCUT2D eigenvalue weighted by atomic mass is 9.89. The fraction of sp³-hybridized carbons (Fsp3) is 0.929. The number of ketones is 1. The van der Waals surface area contributed by atoms with Gasteiger partial charge in [-0.1, -0.05) is 27.7 Å². The Labute approximate surface area is 106 Å². The number of carbonyl (C=O) groups is 1. The molecule has 0 N–H and O–H groups in total. The van der Waals surface area contributed by atoms with Gasteiger partial charge in [-0.3, -0.25) is 9.69 Å². The zero-order chi connectivity index (χ0) is 12.9. The summed E-state index contributed by atoms with van der Waals surface area (Å²) in [5, 5.41) is 0. The van der Waals surface area contributed by atoms with Crippen molar-refractivity contribution in [3.05, 3.63) is 0 Å². The number of Topliss-reactive ketones (excluding diaryl/α,β-unsaturated/α-hetero) is 1. The van der Waals surface area contributed by atoms with Gasteiger partial charge in [-0.05, 0) is 24.8 Å². The van der Waals surface area contributed by atoms with E-state index in [9.17, 15) is 4.79 Å². The lowest BCUT2D eigenvalue weighted by Crippen LogP contribution is -2.46. The molecule has 1 aliphatic heterocycles. The van der Waals surface area contributed by atoms with Gasteiger partial charge in [0.15, 0.2) is 5.78 Å². The van der Waals surface area contributed by atoms with Crippen LogP contribution in [0, 0.1) is 5.41 Å². The number of rotatable bonds is 5. The Morgan fingerprint density at radius 1 is 1.41 bits per heavy atom. The minimum atomic E-state index is -0.183. The number of ether oxygens (including phenoxy) is 1. The van der Waals surface area contributed by atoms with E-state index in [1.54, 1.807) is 0 Å². The maximum absolute atomic E-state index is 12.0. The first-order valence-electron chi connectivity index (χ1n) is 6.79. The van der Waals surface area contributed by atoms with Crippen molar-refractivity contribution in [3.8, 4) is 0 Å². The Kier molecular flexibility index (Phi) is 5.60. The smallest absolute Gasteiger partial charge is 0.162 e. The summed E-state index contributed by atoms with van der Waals surface area (Å²) in [7, 11) is 0. The second kappa shape index (κ2) is 6.50. The van der Waals surface area contributed by atoms with Crippen LogP contribution < -0.4 is 0 Å². The van der Waals surface area contributed by atoms with Crippen LogP contribution in [0.5, 0.6) is 0 Å². The van der Waals surface area contributed by atoms with Crippen molar-refractivity contribution >= 4 is 5.78 Å². The molecule has 1 aliphatic rings. The zero-order valence-corrected chi connectivity index (χ0v) is 11.8. The quantitative estimate of drug-likeness (QED) is 0.740. The number of hydrogen-bond donors (Lipinski definition) is 0. The molecular formula is C14H27NO2. The summed E-state index contributed by atoms with van der Waals surface area (Å²) >= 11 is 0. The van der Waals surface area contributed by atoms with Crippen molar-refractivity contribution in [1.82, 2.24) is 4.90 Å². The Hall–Kier alpha value is -0.410. The van der Waals surface area contributed by atoms with Gasteiger partial charge in [0.05, 0.1) is 6.61 Å². The van der Waals surface area contributed by atoms with Gasteiger partial charge < -0.3 is 4.74 Å². The van der Waals surface area contributed by atoms with E-state index in [0.717, 1.165) is 32.5 Å². The highest BCUT2D eigenvalue weighted by Crippen LogP contribution is 2.22. The summed E-state index contributed by atoms with van der Waals surface area (Å²) in [5.41, 5.74) is 0.230. The minimum Gasteiger partial charge on any atom is -0.368 e. The van der Waals surface area contributed by atoms with Gasteiger partial charge in [0, 0.05) is 19.5 Å². The molecule has 17 heavy (non-hydrogen) atoms. The van der Waals surface area contributed by atoms with E-state index in [2.05, 4.69) is 32.6 Å². The Morgan fingerprint density at radius 2 is 2.12 bits per heavy atom. The number of carbonyl (C=O) groups excluding carboxylic acids is 1. The van der Waals surface area contributed by atoms with Crippen LogP contribution in [-0.2, 0) is 9.53 Å². The van der Waals surface area contributed by atoms with E-state index in [1.807, 2.05) is 0 Å². The minimum absolute atomic E-state index is 0.183. The normalized spacial score (nSPS) is 22.7. The van der Waals surface area contributed by atoms with Gasteiger partial charge in [-0.15, -0.1) is 0 Å². The number of hydrogen-bond acceptors (Lipinski definition) is 3. The lowest BCUT2D eigenvalue weighted by Gasteiger charge is -2.32. The average molecular weight is 241 g/mol. The van der Waals surface area contributed by atoms with Crippen LogP contribution >= 0.6 is 0 Å². The summed E-state index contributed by atoms with van der Waals surface area (Å²) < 4.78 is 5.59. The molecule has 0 aromatic heterocycles. The molecule has 1 saturated heterocycles. The van der Waals surface area contributed by atoms with E-state index in [0.29, 0.717) is 13.0 Å². The highest BCUT2D eigenvalue weighted by atomic mass is 16.5. The molecule has 0 spiro atoms. The molecule has 3 heteroatoms. The van der Waals surface area contributed by atoms with E-state index >= 15 is 0 Å². The fourth-order valence-electron chi connectivity index (χ4n) is 2.08. The molecule has 1 fully saturated rings. The van der Waals surface area contributed by atoms with Crippen LogP contribution in [0.1, 0.15) is 47.0 Å². The van der Waals surface area contributed by atoms with Gasteiger partial charge in [-0.2, -0.15) is 0 Å². The lowest BCUT2D eigenvalue weighted by molar-refractivity contribution is -0.136. The maximum Gasteiger partial charge on any atom is 0.162 e. The van der Waals surface area contributed by atoms with Crippen LogP contribution in [0.4, 0.5) is 0 Å². The first kappa shape index (κ1) is 14.7. The van der Waals surface area contributed by atoms with Crippen LogP contribution in [0.25, 0.3) is 0 Å². The average Bonchev–Trinajstić information content (AvgIpc) is 2.26. The highest BCUT2D eigenvalue weighted by molar-refractivity contribution is 5.83. The van der Waals surface area contributed by atoms with Crippen LogP contribution in [0.2, 0.25) is 0 Å². The third-order valence-corrected chi connectivity index (χ3v) is 3.17. The molecule has 1 atom stereocenters. The Bertz CT molecular complexity index is 243. The molecule has 0 radical (unpaired) electrons. The van der Waals surface area contributed by atoms with E-state index in [1.165, 1.54) is 0 Å². The first-order valence-corrected chi connectivity index (χ1v) is 6.79. The second-order valence-electron chi connectivity index (χ2n) is 6.19. The van der Waals surface area contributed by atoms with E-state index in [-0.39, 0.29) is 17.3 Å². The summed E-state index contributed by atoms with van der Waals surface area (Å²) in [6.45, 7) is 12.2. The molecule has 3 nitrogen and oxygen atoms in total. The molecule has 1 heterocycles. The summed E-state index contributed by atoms with van der Waals surface area (Å²) in [6.07, 6.45) is 2.55. The summed E-state index contributed by atoms with van der Waals surface area (Å²) in [4.78, 5) is 14.4. The van der Waals surface area contributed by atoms with E-state index in [4.69, 9.17) is 4.74 Å². The van der Waals surface area contributed by atoms with Crippen LogP contribution in [0.15, 0.2) is 0 Å². The van der Waals surface area contributed by atoms with Gasteiger partial charge in [-0.25, -0.2) is 0 Å². The second-order valence-corrected chi connectivity index (χ2v) is 6.19. The van der Waals surface area contributed by atoms with Crippen LogP contribution in [-0.4, -0.2) is 43.0 Å². The summed E-state index contributed by atoms with van der Waals surface area (Å²) in [6, 6.07) is 0. The molecule has 0 aromatic carbocycles. The monoisotopic (exact) mass is 241 g/mol. The Morgan fingerprint density at radius 3 is 2.71 bits per heavy atom. The zero-order valence-electron chi connectivity index (χ0n) is 11.8. The summed E-state index contributed by atoms with van der Waals surface area (Å²) in [5.74, 6) is 0.278. The number of morpholine rings is 1. The number of nitrogens with zero attached hydrogens (tertiary/aromatic N) is 1. The largest absolute Gasteiger partial charge is 0.368 e. The first-order chi connectivity index (χ1) is 7.92. The topological polar surface area (TPSA) is 29.5 Å². The SMILES string of the molecule is CCCN1CCOC(C(=O)CCC(C)(C)C)C1. The van der Waals surface area contributed by atoms with Crippen molar-refractivity contribution in [2.45, 2.75) is 53.1 Å². The molecule has 0 aromatic rings. The highest BCUT2D eigenvalue weighted by Gasteiger charge is 2.26. The maximum atomic E-state index is 12.0. The predicted octanol–water partition coefficient (Wildman–Crippen LogP) is 2.49. The van der Waals surface area contributed by atoms with Crippen molar-refractivity contribution < 1.29 is 9.53 Å². The van der Waals surface area contributed by atoms with Crippen LogP contribution in [0.3, 0.4) is 0 Å². The molecule has 1 rings (SSSR count). The molecule has 0 aliphatic carbocycles. The molecule has 100 valence electrons.